The van der Waals surface area contributed by atoms with Crippen molar-refractivity contribution in [2.45, 2.75) is 116 Å². The van der Waals surface area contributed by atoms with Crippen LogP contribution in [0.5, 0.6) is 5.19 Å². The summed E-state index contributed by atoms with van der Waals surface area (Å²) in [6.07, 6.45) is 12.7. The molecule has 2 aliphatic carbocycles. The lowest BCUT2D eigenvalue weighted by atomic mass is 9.79. The van der Waals surface area contributed by atoms with Crippen LogP contribution in [0.4, 0.5) is 22.7 Å². The average molecular weight is 1060 g/mol. The highest BCUT2D eigenvalue weighted by atomic mass is 32.1. The van der Waals surface area contributed by atoms with Crippen LogP contribution in [0.3, 0.4) is 0 Å². The van der Waals surface area contributed by atoms with E-state index in [4.69, 9.17) is 14.0 Å². The highest BCUT2D eigenvalue weighted by Gasteiger charge is 2.52. The van der Waals surface area contributed by atoms with E-state index in [1.54, 1.807) is 7.11 Å². The molecule has 1 aliphatic heterocycles. The van der Waals surface area contributed by atoms with E-state index >= 15 is 0 Å². The zero-order chi connectivity index (χ0) is 55.0. The molecule has 2 heterocycles. The van der Waals surface area contributed by atoms with Crippen molar-refractivity contribution in [3.63, 3.8) is 0 Å². The summed E-state index contributed by atoms with van der Waals surface area (Å²) in [5.41, 5.74) is 12.3. The molecule has 78 heavy (non-hydrogen) atoms. The molecule has 0 radical (unpaired) electrons. The van der Waals surface area contributed by atoms with Gasteiger partial charge in [0.2, 0.25) is 11.8 Å². The van der Waals surface area contributed by atoms with Crippen LogP contribution in [0.1, 0.15) is 103 Å². The summed E-state index contributed by atoms with van der Waals surface area (Å²) in [6.45, 7) is 9.34. The van der Waals surface area contributed by atoms with Gasteiger partial charge in [-0.15, -0.1) is 0 Å². The van der Waals surface area contributed by atoms with Gasteiger partial charge in [-0.25, -0.2) is 4.98 Å². The molecule has 7 aromatic rings. The van der Waals surface area contributed by atoms with Crippen molar-refractivity contribution >= 4 is 58.5 Å². The van der Waals surface area contributed by atoms with Gasteiger partial charge in [0, 0.05) is 69.0 Å². The van der Waals surface area contributed by atoms with Crippen molar-refractivity contribution in [2.75, 3.05) is 54.9 Å². The van der Waals surface area contributed by atoms with Gasteiger partial charge in [0.15, 0.2) is 0 Å². The largest absolute Gasteiger partial charge is 0.494 e. The Bertz CT molecular complexity index is 3070. The molecule has 0 spiro atoms. The molecule has 2 amide bonds. The summed E-state index contributed by atoms with van der Waals surface area (Å²) in [5, 5.41) is 0.636. The summed E-state index contributed by atoms with van der Waals surface area (Å²) < 4.78 is 17.9. The molecule has 10 rings (SSSR count). The van der Waals surface area contributed by atoms with Crippen LogP contribution in [0.25, 0.3) is 32.7 Å². The first-order valence-electron chi connectivity index (χ1n) is 28.0. The van der Waals surface area contributed by atoms with Crippen LogP contribution in [-0.4, -0.2) is 70.4 Å². The van der Waals surface area contributed by atoms with Gasteiger partial charge in [0.25, 0.3) is 5.19 Å². The van der Waals surface area contributed by atoms with Gasteiger partial charge < -0.3 is 33.6 Å². The normalized spacial score (nSPS) is 16.2. The molecular formula is C66H78BN5O5S. The number of hydrogen-bond acceptors (Lipinski definition) is 9. The zero-order valence-corrected chi connectivity index (χ0v) is 48.2. The van der Waals surface area contributed by atoms with Crippen molar-refractivity contribution < 1.29 is 23.6 Å². The smallest absolute Gasteiger partial charge is 0.473 e. The Kier molecular flexibility index (Phi) is 17.9. The van der Waals surface area contributed by atoms with Crippen LogP contribution in [-0.2, 0) is 32.0 Å². The van der Waals surface area contributed by atoms with E-state index in [1.807, 2.05) is 60.4 Å². The number of ether oxygens (including phenoxy) is 1. The lowest BCUT2D eigenvalue weighted by Gasteiger charge is -2.32. The lowest BCUT2D eigenvalue weighted by Crippen LogP contribution is -2.41. The van der Waals surface area contributed by atoms with E-state index in [-0.39, 0.29) is 23.7 Å². The van der Waals surface area contributed by atoms with Crippen molar-refractivity contribution in [1.29, 1.82) is 0 Å². The standard InChI is InChI=1S/C34H43BN2O3.C32H35N3O2S/c1-33(2)34(3,4)40-35(39-33)29-13-10-14-31(23-29)37(32(38)28-11-8-7-9-12-28)24-25-15-17-26(18-16-25)27-19-21-30(22-20-27)36(5)6;1-34(2)28-18-16-25(17-19-28)24-14-12-23(13-15-24)22-35(31(36)26-8-5-4-6-9-26)29-11-7-10-27(20-29)30-21-33-32(37-3)38-30/h10,13-23,28H,7-9,11-12,24H2,1-6H3;7,10-21,26H,4-6,8-9,22H2,1-3H3. The second-order valence-corrected chi connectivity index (χ2v) is 23.7. The molecule has 0 bridgehead atoms. The first kappa shape index (κ1) is 56.0. The summed E-state index contributed by atoms with van der Waals surface area (Å²) in [7, 11) is 9.37. The number of thiazole rings is 1. The Morgan fingerprint density at radius 2 is 0.949 bits per heavy atom. The Hall–Kier alpha value is -6.73. The maximum absolute atomic E-state index is 14.0. The number of amides is 2. The number of methoxy groups -OCH3 is 1. The number of aromatic nitrogens is 1. The van der Waals surface area contributed by atoms with E-state index in [2.05, 4.69) is 172 Å². The number of rotatable bonds is 15. The van der Waals surface area contributed by atoms with Gasteiger partial charge in [-0.1, -0.05) is 147 Å². The van der Waals surface area contributed by atoms with E-state index in [1.165, 1.54) is 57.8 Å². The predicted molar refractivity (Wildman–Crippen MR) is 324 cm³/mol. The Labute approximate surface area is 468 Å². The molecule has 0 atom stereocenters. The highest BCUT2D eigenvalue weighted by Crippen LogP contribution is 2.38. The van der Waals surface area contributed by atoms with E-state index in [0.29, 0.717) is 18.3 Å². The molecule has 12 heteroatoms. The summed E-state index contributed by atoms with van der Waals surface area (Å²) in [4.78, 5) is 41.4. The molecule has 1 aromatic heterocycles. The van der Waals surface area contributed by atoms with Crippen molar-refractivity contribution in [3.05, 3.63) is 163 Å². The Balaban J connectivity index is 0.000000190. The number of nitrogens with zero attached hydrogens (tertiary/aromatic N) is 5. The number of anilines is 4. The zero-order valence-electron chi connectivity index (χ0n) is 47.3. The van der Waals surface area contributed by atoms with Gasteiger partial charge in [-0.3, -0.25) is 9.59 Å². The molecule has 3 fully saturated rings. The first-order chi connectivity index (χ1) is 37.5. The Morgan fingerprint density at radius 3 is 1.36 bits per heavy atom. The minimum absolute atomic E-state index is 0.0729. The molecule has 1 saturated heterocycles. The van der Waals surface area contributed by atoms with Crippen LogP contribution >= 0.6 is 11.3 Å². The fourth-order valence-electron chi connectivity index (χ4n) is 10.7. The average Bonchev–Trinajstić information content (AvgIpc) is 4.10. The molecule has 0 N–H and O–H groups in total. The molecule has 3 aliphatic rings. The van der Waals surface area contributed by atoms with Crippen LogP contribution < -0.4 is 29.8 Å². The lowest BCUT2D eigenvalue weighted by molar-refractivity contribution is -0.124. The quantitative estimate of drug-likeness (QED) is 0.0939. The second-order valence-electron chi connectivity index (χ2n) is 22.7. The monoisotopic (exact) mass is 1060 g/mol. The third-order valence-corrected chi connectivity index (χ3v) is 17.3. The van der Waals surface area contributed by atoms with Crippen molar-refractivity contribution in [2.24, 2.45) is 11.8 Å². The number of carbonyl (C=O) groups excluding carboxylic acids is 2. The molecule has 6 aromatic carbocycles. The third-order valence-electron chi connectivity index (χ3n) is 16.3. The van der Waals surface area contributed by atoms with Crippen LogP contribution in [0.15, 0.2) is 152 Å². The number of benzene rings is 6. The van der Waals surface area contributed by atoms with Crippen molar-refractivity contribution in [3.8, 4) is 37.9 Å². The molecule has 406 valence electrons. The second kappa shape index (κ2) is 24.9. The summed E-state index contributed by atoms with van der Waals surface area (Å²) in [5.74, 6) is 0.607. The van der Waals surface area contributed by atoms with Gasteiger partial charge in [-0.2, -0.15) is 0 Å². The van der Waals surface area contributed by atoms with E-state index in [0.717, 1.165) is 89.8 Å². The van der Waals surface area contributed by atoms with E-state index in [9.17, 15) is 9.59 Å². The van der Waals surface area contributed by atoms with E-state index < -0.39 is 18.3 Å². The first-order valence-corrected chi connectivity index (χ1v) is 28.8. The third kappa shape index (κ3) is 13.4. The summed E-state index contributed by atoms with van der Waals surface area (Å²) in [6, 6.07) is 50.8. The molecular weight excluding hydrogens is 986 g/mol. The minimum Gasteiger partial charge on any atom is -0.473 e. The predicted octanol–water partition coefficient (Wildman–Crippen LogP) is 14.5. The van der Waals surface area contributed by atoms with Gasteiger partial charge in [0.05, 0.1) is 36.3 Å². The molecule has 10 nitrogen and oxygen atoms in total. The Morgan fingerprint density at radius 1 is 0.538 bits per heavy atom. The molecule has 2 saturated carbocycles. The number of carbonyl (C=O) groups is 2. The van der Waals surface area contributed by atoms with Gasteiger partial charge >= 0.3 is 7.12 Å². The van der Waals surface area contributed by atoms with Crippen molar-refractivity contribution in [1.82, 2.24) is 4.98 Å². The summed E-state index contributed by atoms with van der Waals surface area (Å²) >= 11 is 1.51. The SMILES string of the molecule is CN(C)c1ccc(-c2ccc(CN(C(=O)C3CCCCC3)c3cccc(B4OC(C)(C)C(C)(C)O4)c3)cc2)cc1.COc1ncc(-c2cccc(N(Cc3ccc(-c4ccc(N(C)C)cc4)cc3)C(=O)C3CCCCC3)c2)s1. The van der Waals surface area contributed by atoms with Crippen LogP contribution in [0, 0.1) is 11.8 Å². The number of hydrogen-bond donors (Lipinski definition) is 0. The van der Waals surface area contributed by atoms with Gasteiger partial charge in [0.1, 0.15) is 0 Å². The van der Waals surface area contributed by atoms with Crippen LogP contribution in [0.2, 0.25) is 0 Å². The maximum atomic E-state index is 14.0. The molecule has 0 unspecified atom stereocenters. The fourth-order valence-corrected chi connectivity index (χ4v) is 11.5. The van der Waals surface area contributed by atoms with Gasteiger partial charge in [-0.05, 0) is 146 Å². The maximum Gasteiger partial charge on any atom is 0.494 e. The fraction of sp³-hybridized carbons (Fsp3) is 0.379. The highest BCUT2D eigenvalue weighted by molar-refractivity contribution is 7.16. The topological polar surface area (TPSA) is 87.7 Å². The minimum atomic E-state index is -0.463.